The molecule has 0 radical (unpaired) electrons. The summed E-state index contributed by atoms with van der Waals surface area (Å²) in [5.74, 6) is 0.653. The number of carboxylic acids is 1. The topological polar surface area (TPSA) is 99.3 Å². The highest BCUT2D eigenvalue weighted by Gasteiger charge is 2.47. The molecule has 2 aliphatic rings. The van der Waals surface area contributed by atoms with Crippen LogP contribution in [-0.4, -0.2) is 96.1 Å². The number of amides is 1. The molecule has 40 heavy (non-hydrogen) atoms. The monoisotopic (exact) mass is 554 g/mol. The van der Waals surface area contributed by atoms with Gasteiger partial charge in [-0.2, -0.15) is 0 Å². The summed E-state index contributed by atoms with van der Waals surface area (Å²) < 4.78 is 11.4. The van der Waals surface area contributed by atoms with Gasteiger partial charge in [-0.05, 0) is 70.4 Å². The maximum Gasteiger partial charge on any atom is 0.308 e. The van der Waals surface area contributed by atoms with Crippen molar-refractivity contribution in [2.45, 2.75) is 70.8 Å². The van der Waals surface area contributed by atoms with E-state index in [1.807, 2.05) is 24.0 Å². The minimum atomic E-state index is -0.822. The van der Waals surface area contributed by atoms with Gasteiger partial charge in [0.25, 0.3) is 0 Å². The molecule has 1 fully saturated rings. The molecule has 2 aromatic rings. The lowest BCUT2D eigenvalue weighted by Crippen LogP contribution is -2.45. The Morgan fingerprint density at radius 2 is 1.93 bits per heavy atom. The van der Waals surface area contributed by atoms with E-state index in [0.29, 0.717) is 31.9 Å². The lowest BCUT2D eigenvalue weighted by atomic mass is 9.83. The van der Waals surface area contributed by atoms with Crippen LogP contribution in [0.1, 0.15) is 67.7 Å². The largest absolute Gasteiger partial charge is 0.493 e. The van der Waals surface area contributed by atoms with E-state index in [9.17, 15) is 14.7 Å². The smallest absolute Gasteiger partial charge is 0.308 e. The van der Waals surface area contributed by atoms with Crippen LogP contribution in [0.3, 0.4) is 0 Å². The number of hydrogen-bond donors (Lipinski definition) is 1. The number of carbonyl (C=O) groups is 2. The zero-order chi connectivity index (χ0) is 28.6. The lowest BCUT2D eigenvalue weighted by Gasteiger charge is -2.29. The van der Waals surface area contributed by atoms with Gasteiger partial charge < -0.3 is 24.1 Å². The highest BCUT2D eigenvalue weighted by molar-refractivity contribution is 5.79. The van der Waals surface area contributed by atoms with E-state index >= 15 is 0 Å². The zero-order valence-electron chi connectivity index (χ0n) is 24.6. The maximum atomic E-state index is 13.7. The number of nitrogens with zero attached hydrogens (tertiary/aromatic N) is 4. The van der Waals surface area contributed by atoms with Gasteiger partial charge in [-0.3, -0.25) is 14.5 Å². The van der Waals surface area contributed by atoms with Crippen LogP contribution in [-0.2, 0) is 22.4 Å². The maximum absolute atomic E-state index is 13.7. The number of aliphatic carboxylic acids is 1. The van der Waals surface area contributed by atoms with Gasteiger partial charge in [0.2, 0.25) is 5.91 Å². The molecular weight excluding hydrogens is 508 g/mol. The van der Waals surface area contributed by atoms with Crippen molar-refractivity contribution < 1.29 is 23.8 Å². The molecule has 1 saturated heterocycles. The second-order valence-corrected chi connectivity index (χ2v) is 11.6. The number of rotatable bonds is 15. The Morgan fingerprint density at radius 1 is 1.15 bits per heavy atom. The van der Waals surface area contributed by atoms with E-state index < -0.39 is 11.9 Å². The van der Waals surface area contributed by atoms with E-state index in [1.54, 1.807) is 6.20 Å². The molecule has 1 N–H and O–H groups in total. The summed E-state index contributed by atoms with van der Waals surface area (Å²) in [7, 11) is 4.13. The zero-order valence-corrected chi connectivity index (χ0v) is 24.6. The molecule has 1 aromatic carbocycles. The van der Waals surface area contributed by atoms with E-state index in [1.165, 1.54) is 0 Å². The first-order valence-electron chi connectivity index (χ1n) is 14.8. The molecule has 220 valence electrons. The molecule has 0 spiro atoms. The number of unbranched alkanes of at least 4 members (excludes halogenated alkanes) is 2. The van der Waals surface area contributed by atoms with E-state index in [0.717, 1.165) is 74.4 Å². The van der Waals surface area contributed by atoms with Crippen molar-refractivity contribution in [3.05, 3.63) is 47.2 Å². The fourth-order valence-electron chi connectivity index (χ4n) is 6.13. The van der Waals surface area contributed by atoms with E-state index in [-0.39, 0.29) is 24.4 Å². The number of likely N-dealkylation sites (tertiary alicyclic amines) is 1. The summed E-state index contributed by atoms with van der Waals surface area (Å²) in [6.07, 6.45) is 7.60. The third-order valence-corrected chi connectivity index (χ3v) is 8.25. The molecule has 0 bridgehead atoms. The second kappa shape index (κ2) is 14.1. The number of hydrogen-bond acceptors (Lipinski definition) is 7. The number of benzene rings is 1. The minimum Gasteiger partial charge on any atom is -0.493 e. The molecule has 9 nitrogen and oxygen atoms in total. The molecule has 3 heterocycles. The Hall–Kier alpha value is -2.91. The van der Waals surface area contributed by atoms with E-state index in [4.69, 9.17) is 9.15 Å². The normalized spacial score (nSPS) is 20.6. The van der Waals surface area contributed by atoms with Crippen molar-refractivity contribution in [1.82, 2.24) is 19.7 Å². The molecule has 3 unspecified atom stereocenters. The first kappa shape index (κ1) is 30.1. The van der Waals surface area contributed by atoms with Gasteiger partial charge in [-0.25, -0.2) is 4.98 Å². The highest BCUT2D eigenvalue weighted by Crippen LogP contribution is 2.41. The number of fused-ring (bicyclic) bond motifs is 1. The van der Waals surface area contributed by atoms with Crippen molar-refractivity contribution >= 4 is 11.9 Å². The number of aryl methyl sites for hydroxylation is 2. The summed E-state index contributed by atoms with van der Waals surface area (Å²) >= 11 is 0. The third kappa shape index (κ3) is 7.63. The molecule has 1 aromatic heterocycles. The molecule has 9 heteroatoms. The number of ether oxygens (including phenoxy) is 1. The summed E-state index contributed by atoms with van der Waals surface area (Å²) in [5, 5.41) is 10.5. The minimum absolute atomic E-state index is 0.0856. The van der Waals surface area contributed by atoms with Crippen molar-refractivity contribution in [2.24, 2.45) is 5.92 Å². The van der Waals surface area contributed by atoms with Gasteiger partial charge in [0.15, 0.2) is 5.89 Å². The van der Waals surface area contributed by atoms with E-state index in [2.05, 4.69) is 41.9 Å². The van der Waals surface area contributed by atoms with Gasteiger partial charge in [-0.15, -0.1) is 0 Å². The second-order valence-electron chi connectivity index (χ2n) is 11.6. The Kier molecular flexibility index (Phi) is 10.6. The van der Waals surface area contributed by atoms with Crippen LogP contribution in [0.2, 0.25) is 0 Å². The fraction of sp³-hybridized carbons (Fsp3) is 0.645. The fourth-order valence-corrected chi connectivity index (χ4v) is 6.13. The van der Waals surface area contributed by atoms with Gasteiger partial charge in [0.1, 0.15) is 11.5 Å². The van der Waals surface area contributed by atoms with Gasteiger partial charge in [0, 0.05) is 44.4 Å². The van der Waals surface area contributed by atoms with Crippen LogP contribution >= 0.6 is 0 Å². The van der Waals surface area contributed by atoms with Crippen molar-refractivity contribution in [3.63, 3.8) is 0 Å². The van der Waals surface area contributed by atoms with Crippen LogP contribution in [0.25, 0.3) is 0 Å². The standard InChI is InChI=1S/C31H46N4O5/c1-5-6-15-34(16-8-7-14-33(3)4)29(36)21-35-20-25(23-9-11-27-24(18-23)13-17-39-27)30(31(37)38)26(35)10-12-28-32-19-22(2)40-28/h9,11,18-19,25-26,30H,5-8,10,12-17,20-21H2,1-4H3,(H,37,38). The number of carboxylic acid groups (broad SMARTS) is 1. The summed E-state index contributed by atoms with van der Waals surface area (Å²) in [4.78, 5) is 37.1. The average molecular weight is 555 g/mol. The number of oxazole rings is 1. The molecule has 1 amide bonds. The van der Waals surface area contributed by atoms with Crippen molar-refractivity contribution in [3.8, 4) is 5.75 Å². The number of aromatic nitrogens is 1. The van der Waals surface area contributed by atoms with Crippen molar-refractivity contribution in [1.29, 1.82) is 0 Å². The average Bonchev–Trinajstić information content (AvgIpc) is 3.64. The Morgan fingerprint density at radius 3 is 2.62 bits per heavy atom. The van der Waals surface area contributed by atoms with Crippen LogP contribution in [0, 0.1) is 12.8 Å². The Labute approximate surface area is 238 Å². The molecule has 3 atom stereocenters. The molecule has 0 aliphatic carbocycles. The summed E-state index contributed by atoms with van der Waals surface area (Å²) in [6, 6.07) is 5.78. The molecular formula is C31H46N4O5. The SMILES string of the molecule is CCCCN(CCCCN(C)C)C(=O)CN1CC(c2ccc3c(c2)CCO3)C(C(=O)O)C1CCc1ncc(C)o1. The van der Waals surface area contributed by atoms with Crippen LogP contribution in [0.5, 0.6) is 5.75 Å². The van der Waals surface area contributed by atoms with Crippen molar-refractivity contribution in [2.75, 3.05) is 53.4 Å². The molecule has 4 rings (SSSR count). The third-order valence-electron chi connectivity index (χ3n) is 8.25. The number of carbonyl (C=O) groups excluding carboxylic acids is 1. The summed E-state index contributed by atoms with van der Waals surface area (Å²) in [5.41, 5.74) is 2.14. The van der Waals surface area contributed by atoms with Crippen LogP contribution in [0.4, 0.5) is 0 Å². The first-order chi connectivity index (χ1) is 19.3. The van der Waals surface area contributed by atoms with Gasteiger partial charge in [0.05, 0.1) is 25.3 Å². The Bertz CT molecular complexity index is 1130. The summed E-state index contributed by atoms with van der Waals surface area (Å²) in [6.45, 7) is 7.87. The highest BCUT2D eigenvalue weighted by atomic mass is 16.5. The van der Waals surface area contributed by atoms with Gasteiger partial charge in [-0.1, -0.05) is 25.5 Å². The molecule has 0 saturated carbocycles. The predicted molar refractivity (Wildman–Crippen MR) is 154 cm³/mol. The first-order valence-corrected chi connectivity index (χ1v) is 14.8. The molecule has 2 aliphatic heterocycles. The van der Waals surface area contributed by atoms with Crippen LogP contribution in [0.15, 0.2) is 28.8 Å². The Balaban J connectivity index is 1.54. The quantitative estimate of drug-likeness (QED) is 0.330. The van der Waals surface area contributed by atoms with Gasteiger partial charge >= 0.3 is 5.97 Å². The lowest BCUT2D eigenvalue weighted by molar-refractivity contribution is -0.143. The van der Waals surface area contributed by atoms with Crippen LogP contribution < -0.4 is 4.74 Å². The predicted octanol–water partition coefficient (Wildman–Crippen LogP) is 3.99.